The lowest BCUT2D eigenvalue weighted by Crippen LogP contribution is -2.16. The van der Waals surface area contributed by atoms with E-state index >= 15 is 0 Å². The average Bonchev–Trinajstić information content (AvgIpc) is 2.36. The molecule has 0 spiro atoms. The van der Waals surface area contributed by atoms with Gasteiger partial charge >= 0.3 is 6.18 Å². The third-order valence-electron chi connectivity index (χ3n) is 2.98. The van der Waals surface area contributed by atoms with Crippen LogP contribution in [0.4, 0.5) is 18.9 Å². The van der Waals surface area contributed by atoms with Crippen LogP contribution in [-0.2, 0) is 6.18 Å². The monoisotopic (exact) mass is 299 g/mol. The number of nitrogens with two attached hydrogens (primary N) is 1. The van der Waals surface area contributed by atoms with Gasteiger partial charge in [-0.05, 0) is 39.0 Å². The van der Waals surface area contributed by atoms with E-state index in [0.717, 1.165) is 0 Å². The van der Waals surface area contributed by atoms with Crippen LogP contribution in [0.25, 0.3) is 10.9 Å². The molecule has 0 amide bonds. The molecule has 2 rings (SSSR count). The summed E-state index contributed by atoms with van der Waals surface area (Å²) >= 11 is 0. The van der Waals surface area contributed by atoms with Gasteiger partial charge in [-0.1, -0.05) is 0 Å². The van der Waals surface area contributed by atoms with Crippen molar-refractivity contribution in [2.45, 2.75) is 33.1 Å². The number of alkyl halides is 3. The van der Waals surface area contributed by atoms with Gasteiger partial charge in [0, 0.05) is 10.9 Å². The molecule has 3 N–H and O–H groups in total. The molecule has 0 radical (unpaired) electrons. The smallest absolute Gasteiger partial charge is 0.433 e. The van der Waals surface area contributed by atoms with Gasteiger partial charge in [-0.3, -0.25) is 5.84 Å². The molecule has 0 aliphatic carbocycles. The Balaban J connectivity index is 2.70. The number of nitrogens with one attached hydrogen (secondary N) is 1. The number of halogens is 3. The lowest BCUT2D eigenvalue weighted by Gasteiger charge is -2.17. The van der Waals surface area contributed by atoms with Crippen LogP contribution >= 0.6 is 0 Å². The number of hydrogen-bond acceptors (Lipinski definition) is 4. The number of anilines is 1. The topological polar surface area (TPSA) is 60.2 Å². The van der Waals surface area contributed by atoms with E-state index in [1.807, 2.05) is 13.8 Å². The summed E-state index contributed by atoms with van der Waals surface area (Å²) in [5.74, 6) is 5.95. The number of nitrogen functional groups attached to an aromatic ring is 1. The highest BCUT2D eigenvalue weighted by Gasteiger charge is 2.36. The third kappa shape index (κ3) is 3.02. The van der Waals surface area contributed by atoms with E-state index in [2.05, 4.69) is 10.4 Å². The van der Waals surface area contributed by atoms with Crippen LogP contribution in [-0.4, -0.2) is 11.1 Å². The Morgan fingerprint density at radius 2 is 1.95 bits per heavy atom. The van der Waals surface area contributed by atoms with Crippen LogP contribution in [0, 0.1) is 6.92 Å². The van der Waals surface area contributed by atoms with Gasteiger partial charge in [0.15, 0.2) is 0 Å². The summed E-state index contributed by atoms with van der Waals surface area (Å²) < 4.78 is 44.5. The first-order valence-corrected chi connectivity index (χ1v) is 6.39. The van der Waals surface area contributed by atoms with Gasteiger partial charge < -0.3 is 10.2 Å². The maximum Gasteiger partial charge on any atom is 0.433 e. The molecule has 2 aromatic rings. The second kappa shape index (κ2) is 5.40. The first-order chi connectivity index (χ1) is 9.74. The number of pyridine rings is 1. The first-order valence-electron chi connectivity index (χ1n) is 6.39. The van der Waals surface area contributed by atoms with Gasteiger partial charge in [0.1, 0.15) is 11.4 Å². The Morgan fingerprint density at radius 3 is 2.48 bits per heavy atom. The fourth-order valence-electron chi connectivity index (χ4n) is 2.15. The standard InChI is InChI=1S/C14H16F3N3O/c1-7(2)21-9-4-5-11-10(6-9)12(20-18)8(3)13(19-11)14(15,16)17/h4-7H,18H2,1-3H3,(H,19,20). The summed E-state index contributed by atoms with van der Waals surface area (Å²) in [5, 5.41) is 0.487. The van der Waals surface area contributed by atoms with Crippen LogP contribution in [0.2, 0.25) is 0 Å². The highest BCUT2D eigenvalue weighted by atomic mass is 19.4. The fourth-order valence-corrected chi connectivity index (χ4v) is 2.15. The van der Waals surface area contributed by atoms with Gasteiger partial charge in [0.2, 0.25) is 0 Å². The highest BCUT2D eigenvalue weighted by Crippen LogP contribution is 2.37. The van der Waals surface area contributed by atoms with E-state index in [1.54, 1.807) is 12.1 Å². The number of aromatic nitrogens is 1. The van der Waals surface area contributed by atoms with Crippen LogP contribution in [0.15, 0.2) is 18.2 Å². The van der Waals surface area contributed by atoms with Crippen LogP contribution in [0.1, 0.15) is 25.1 Å². The van der Waals surface area contributed by atoms with Crippen molar-refractivity contribution in [3.63, 3.8) is 0 Å². The fraction of sp³-hybridized carbons (Fsp3) is 0.357. The quantitative estimate of drug-likeness (QED) is 0.671. The molecular weight excluding hydrogens is 283 g/mol. The largest absolute Gasteiger partial charge is 0.491 e. The zero-order valence-electron chi connectivity index (χ0n) is 11.9. The van der Waals surface area contributed by atoms with E-state index in [9.17, 15) is 13.2 Å². The molecule has 1 heterocycles. The van der Waals surface area contributed by atoms with Crippen molar-refractivity contribution >= 4 is 16.6 Å². The summed E-state index contributed by atoms with van der Waals surface area (Å²) in [6, 6.07) is 4.71. The summed E-state index contributed by atoms with van der Waals surface area (Å²) in [4.78, 5) is 3.70. The summed E-state index contributed by atoms with van der Waals surface area (Å²) in [6.45, 7) is 5.06. The Labute approximate surface area is 120 Å². The van der Waals surface area contributed by atoms with E-state index in [-0.39, 0.29) is 22.9 Å². The number of rotatable bonds is 3. The Hall–Kier alpha value is -2.02. The maximum absolute atomic E-state index is 13.0. The van der Waals surface area contributed by atoms with Crippen molar-refractivity contribution in [1.29, 1.82) is 0 Å². The second-order valence-electron chi connectivity index (χ2n) is 4.95. The molecule has 0 bridgehead atoms. The summed E-state index contributed by atoms with van der Waals surface area (Å²) in [7, 11) is 0. The minimum absolute atomic E-state index is 0.0414. The minimum Gasteiger partial charge on any atom is -0.491 e. The number of hydrogen-bond donors (Lipinski definition) is 2. The van der Waals surface area contributed by atoms with Crippen molar-refractivity contribution in [2.24, 2.45) is 5.84 Å². The summed E-state index contributed by atoms with van der Waals surface area (Å²) in [6.07, 6.45) is -4.57. The van der Waals surface area contributed by atoms with E-state index < -0.39 is 11.9 Å². The van der Waals surface area contributed by atoms with Crippen molar-refractivity contribution < 1.29 is 17.9 Å². The van der Waals surface area contributed by atoms with E-state index in [0.29, 0.717) is 11.1 Å². The minimum atomic E-state index is -4.53. The van der Waals surface area contributed by atoms with Crippen molar-refractivity contribution in [3.05, 3.63) is 29.5 Å². The molecule has 1 aromatic heterocycles. The molecule has 0 unspecified atom stereocenters. The lowest BCUT2D eigenvalue weighted by molar-refractivity contribution is -0.141. The molecule has 0 saturated carbocycles. The van der Waals surface area contributed by atoms with Crippen LogP contribution < -0.4 is 16.0 Å². The molecule has 0 saturated heterocycles. The number of fused-ring (bicyclic) bond motifs is 1. The highest BCUT2D eigenvalue weighted by molar-refractivity contribution is 5.94. The summed E-state index contributed by atoms with van der Waals surface area (Å²) in [5.41, 5.74) is 1.75. The number of nitrogens with zero attached hydrogens (tertiary/aromatic N) is 1. The number of hydrazine groups is 1. The Morgan fingerprint density at radius 1 is 1.29 bits per heavy atom. The van der Waals surface area contributed by atoms with Gasteiger partial charge in [0.25, 0.3) is 0 Å². The van der Waals surface area contributed by atoms with E-state index in [1.165, 1.54) is 13.0 Å². The molecule has 0 aliphatic rings. The molecular formula is C14H16F3N3O. The average molecular weight is 299 g/mol. The van der Waals surface area contributed by atoms with Crippen LogP contribution in [0.5, 0.6) is 5.75 Å². The SMILES string of the molecule is Cc1c(C(F)(F)F)nc2ccc(OC(C)C)cc2c1NN. The maximum atomic E-state index is 13.0. The molecule has 0 aliphatic heterocycles. The first kappa shape index (κ1) is 15.4. The normalized spacial score (nSPS) is 12.0. The Bertz CT molecular complexity index is 669. The molecule has 1 aromatic carbocycles. The number of ether oxygens (including phenoxy) is 1. The van der Waals surface area contributed by atoms with Gasteiger partial charge in [0.05, 0.1) is 17.3 Å². The predicted molar refractivity (Wildman–Crippen MR) is 75.1 cm³/mol. The molecule has 114 valence electrons. The van der Waals surface area contributed by atoms with E-state index in [4.69, 9.17) is 10.6 Å². The van der Waals surface area contributed by atoms with Crippen molar-refractivity contribution in [2.75, 3.05) is 5.43 Å². The Kier molecular flexibility index (Phi) is 3.95. The van der Waals surface area contributed by atoms with Crippen molar-refractivity contribution in [3.8, 4) is 5.75 Å². The predicted octanol–water partition coefficient (Wildman–Crippen LogP) is 3.63. The second-order valence-corrected chi connectivity index (χ2v) is 4.95. The molecule has 0 atom stereocenters. The van der Waals surface area contributed by atoms with Gasteiger partial charge in [-0.25, -0.2) is 4.98 Å². The van der Waals surface area contributed by atoms with Gasteiger partial charge in [-0.2, -0.15) is 13.2 Å². The number of benzene rings is 1. The zero-order valence-corrected chi connectivity index (χ0v) is 11.9. The molecule has 0 fully saturated rings. The third-order valence-corrected chi connectivity index (χ3v) is 2.98. The molecule has 4 nitrogen and oxygen atoms in total. The van der Waals surface area contributed by atoms with Gasteiger partial charge in [-0.15, -0.1) is 0 Å². The zero-order chi connectivity index (χ0) is 15.8. The molecule has 7 heteroatoms. The van der Waals surface area contributed by atoms with Crippen LogP contribution in [0.3, 0.4) is 0 Å². The van der Waals surface area contributed by atoms with Crippen molar-refractivity contribution in [1.82, 2.24) is 4.98 Å². The molecule has 21 heavy (non-hydrogen) atoms. The lowest BCUT2D eigenvalue weighted by atomic mass is 10.1.